The van der Waals surface area contributed by atoms with Crippen molar-refractivity contribution in [3.05, 3.63) is 33.8 Å². The molecule has 0 atom stereocenters. The van der Waals surface area contributed by atoms with E-state index in [4.69, 9.17) is 0 Å². The van der Waals surface area contributed by atoms with Gasteiger partial charge in [0.05, 0.1) is 4.47 Å². The van der Waals surface area contributed by atoms with Crippen LogP contribution >= 0.6 is 15.9 Å². The summed E-state index contributed by atoms with van der Waals surface area (Å²) < 4.78 is 27.3. The Hall–Kier alpha value is -0.480. The Morgan fingerprint density at radius 1 is 1.24 bits per heavy atom. The lowest BCUT2D eigenvalue weighted by atomic mass is 10.1. The van der Waals surface area contributed by atoms with Crippen LogP contribution in [-0.2, 0) is 6.42 Å². The number of halogens is 3. The molecule has 2 rings (SSSR count). The Kier molecular flexibility index (Phi) is 4.51. The monoisotopic (exact) mass is 303 g/mol. The predicted octanol–water partition coefficient (Wildman–Crippen LogP) is 3.80. The van der Waals surface area contributed by atoms with Crippen LogP contribution in [0.2, 0.25) is 0 Å². The minimum Gasteiger partial charge on any atom is -0.314 e. The zero-order chi connectivity index (χ0) is 12.3. The summed E-state index contributed by atoms with van der Waals surface area (Å²) in [6, 6.07) is 3.42. The summed E-state index contributed by atoms with van der Waals surface area (Å²) in [5.74, 6) is -0.902. The van der Waals surface area contributed by atoms with E-state index in [0.717, 1.165) is 19.4 Å². The Labute approximate surface area is 109 Å². The van der Waals surface area contributed by atoms with Crippen LogP contribution < -0.4 is 5.32 Å². The van der Waals surface area contributed by atoms with Gasteiger partial charge in [0.15, 0.2) is 0 Å². The molecule has 1 saturated carbocycles. The molecule has 1 aliphatic carbocycles. The Balaban J connectivity index is 1.78. The van der Waals surface area contributed by atoms with E-state index >= 15 is 0 Å². The molecule has 0 bridgehead atoms. The lowest BCUT2D eigenvalue weighted by Crippen LogP contribution is -2.17. The minimum atomic E-state index is -0.458. The Morgan fingerprint density at radius 3 is 2.71 bits per heavy atom. The molecule has 1 aromatic carbocycles. The maximum absolute atomic E-state index is 13.6. The van der Waals surface area contributed by atoms with Crippen molar-refractivity contribution in [2.75, 3.05) is 6.54 Å². The normalized spacial score (nSPS) is 15.2. The summed E-state index contributed by atoms with van der Waals surface area (Å²) >= 11 is 3.08. The van der Waals surface area contributed by atoms with Gasteiger partial charge in [-0.3, -0.25) is 0 Å². The largest absolute Gasteiger partial charge is 0.314 e. The Morgan fingerprint density at radius 2 is 2.00 bits per heavy atom. The average molecular weight is 304 g/mol. The van der Waals surface area contributed by atoms with Gasteiger partial charge in [-0.1, -0.05) is 0 Å². The van der Waals surface area contributed by atoms with Crippen LogP contribution in [0.5, 0.6) is 0 Å². The highest BCUT2D eigenvalue weighted by atomic mass is 79.9. The number of nitrogens with one attached hydrogen (secondary N) is 1. The third-order valence-electron chi connectivity index (χ3n) is 3.00. The van der Waals surface area contributed by atoms with E-state index < -0.39 is 11.6 Å². The van der Waals surface area contributed by atoms with Crippen molar-refractivity contribution in [3.63, 3.8) is 0 Å². The zero-order valence-corrected chi connectivity index (χ0v) is 11.2. The first kappa shape index (κ1) is 13.0. The van der Waals surface area contributed by atoms with Gasteiger partial charge in [-0.05, 0) is 66.7 Å². The summed E-state index contributed by atoms with van der Waals surface area (Å²) in [4.78, 5) is 0. The molecule has 17 heavy (non-hydrogen) atoms. The van der Waals surface area contributed by atoms with Crippen molar-refractivity contribution >= 4 is 15.9 Å². The summed E-state index contributed by atoms with van der Waals surface area (Å²) in [7, 11) is 0. The van der Waals surface area contributed by atoms with Gasteiger partial charge in [-0.2, -0.15) is 0 Å². The summed E-state index contributed by atoms with van der Waals surface area (Å²) in [6.45, 7) is 0.946. The van der Waals surface area contributed by atoms with Gasteiger partial charge < -0.3 is 5.32 Å². The summed E-state index contributed by atoms with van der Waals surface area (Å²) in [5.41, 5.74) is 0.200. The topological polar surface area (TPSA) is 12.0 Å². The maximum atomic E-state index is 13.6. The zero-order valence-electron chi connectivity index (χ0n) is 9.61. The van der Waals surface area contributed by atoms with E-state index in [-0.39, 0.29) is 5.56 Å². The predicted molar refractivity (Wildman–Crippen MR) is 68.0 cm³/mol. The molecule has 0 heterocycles. The fourth-order valence-corrected chi connectivity index (χ4v) is 2.19. The molecule has 0 amide bonds. The molecule has 94 valence electrons. The van der Waals surface area contributed by atoms with Crippen LogP contribution in [0.25, 0.3) is 0 Å². The van der Waals surface area contributed by atoms with Crippen molar-refractivity contribution < 1.29 is 8.78 Å². The molecule has 1 aliphatic rings. The van der Waals surface area contributed by atoms with Crippen molar-refractivity contribution in [2.24, 2.45) is 0 Å². The summed E-state index contributed by atoms with van der Waals surface area (Å²) in [5, 5.41) is 3.39. The molecule has 0 aromatic heterocycles. The van der Waals surface area contributed by atoms with E-state index in [1.54, 1.807) is 0 Å². The van der Waals surface area contributed by atoms with E-state index in [0.29, 0.717) is 16.9 Å². The number of hydrogen-bond acceptors (Lipinski definition) is 1. The van der Waals surface area contributed by atoms with Gasteiger partial charge in [0.25, 0.3) is 0 Å². The molecule has 1 aromatic rings. The SMILES string of the molecule is Fc1ccc(Br)c(F)c1CCCCNC1CC1. The minimum absolute atomic E-state index is 0.200. The quantitative estimate of drug-likeness (QED) is 0.622. The lowest BCUT2D eigenvalue weighted by molar-refractivity contribution is 0.537. The fourth-order valence-electron chi connectivity index (χ4n) is 1.82. The van der Waals surface area contributed by atoms with Gasteiger partial charge in [0.2, 0.25) is 0 Å². The van der Waals surface area contributed by atoms with Crippen molar-refractivity contribution in [3.8, 4) is 0 Å². The number of unbranched alkanes of at least 4 members (excludes halogenated alkanes) is 1. The second-order valence-corrected chi connectivity index (χ2v) is 5.36. The second-order valence-electron chi connectivity index (χ2n) is 4.51. The molecule has 4 heteroatoms. The van der Waals surface area contributed by atoms with E-state index in [9.17, 15) is 8.78 Å². The second kappa shape index (κ2) is 5.91. The van der Waals surface area contributed by atoms with Crippen LogP contribution in [0.3, 0.4) is 0 Å². The standard InChI is InChI=1S/C13H16BrF2N/c14-11-6-7-12(15)10(13(11)16)3-1-2-8-17-9-4-5-9/h6-7,9,17H,1-5,8H2. The molecule has 0 spiro atoms. The van der Waals surface area contributed by atoms with Gasteiger partial charge in [-0.25, -0.2) is 8.78 Å². The van der Waals surface area contributed by atoms with Crippen LogP contribution in [0, 0.1) is 11.6 Å². The number of benzene rings is 1. The van der Waals surface area contributed by atoms with E-state index in [1.165, 1.54) is 25.0 Å². The average Bonchev–Trinajstić information content (AvgIpc) is 3.11. The summed E-state index contributed by atoms with van der Waals surface area (Å²) in [6.07, 6.45) is 4.78. The van der Waals surface area contributed by atoms with Crippen LogP contribution in [0.1, 0.15) is 31.2 Å². The maximum Gasteiger partial charge on any atom is 0.143 e. The van der Waals surface area contributed by atoms with Gasteiger partial charge in [0, 0.05) is 11.6 Å². The molecule has 0 aliphatic heterocycles. The highest BCUT2D eigenvalue weighted by molar-refractivity contribution is 9.10. The van der Waals surface area contributed by atoms with E-state index in [2.05, 4.69) is 21.2 Å². The van der Waals surface area contributed by atoms with Gasteiger partial charge in [0.1, 0.15) is 11.6 Å². The molecule has 0 saturated heterocycles. The molecular weight excluding hydrogens is 288 g/mol. The third-order valence-corrected chi connectivity index (χ3v) is 3.62. The smallest absolute Gasteiger partial charge is 0.143 e. The molecule has 0 radical (unpaired) electrons. The number of rotatable bonds is 6. The van der Waals surface area contributed by atoms with Crippen LogP contribution in [0.15, 0.2) is 16.6 Å². The first-order chi connectivity index (χ1) is 8.18. The van der Waals surface area contributed by atoms with Gasteiger partial charge in [-0.15, -0.1) is 0 Å². The first-order valence-corrected chi connectivity index (χ1v) is 6.83. The fraction of sp³-hybridized carbons (Fsp3) is 0.538. The van der Waals surface area contributed by atoms with Crippen molar-refractivity contribution in [1.82, 2.24) is 5.32 Å². The molecule has 1 N–H and O–H groups in total. The number of hydrogen-bond donors (Lipinski definition) is 1. The van der Waals surface area contributed by atoms with Crippen molar-refractivity contribution in [1.29, 1.82) is 0 Å². The highest BCUT2D eigenvalue weighted by Gasteiger charge is 2.19. The van der Waals surface area contributed by atoms with Crippen molar-refractivity contribution in [2.45, 2.75) is 38.1 Å². The highest BCUT2D eigenvalue weighted by Crippen LogP contribution is 2.23. The molecular formula is C13H16BrF2N. The first-order valence-electron chi connectivity index (χ1n) is 6.04. The molecule has 0 unspecified atom stereocenters. The van der Waals surface area contributed by atoms with Crippen LogP contribution in [-0.4, -0.2) is 12.6 Å². The lowest BCUT2D eigenvalue weighted by Gasteiger charge is -2.07. The van der Waals surface area contributed by atoms with Gasteiger partial charge >= 0.3 is 0 Å². The van der Waals surface area contributed by atoms with E-state index in [1.807, 2.05) is 0 Å². The third kappa shape index (κ3) is 3.75. The molecule has 1 nitrogen and oxygen atoms in total. The molecule has 1 fully saturated rings. The van der Waals surface area contributed by atoms with Crippen LogP contribution in [0.4, 0.5) is 8.78 Å². The Bertz CT molecular complexity index is 391.